The summed E-state index contributed by atoms with van der Waals surface area (Å²) in [6.07, 6.45) is 0. The molecule has 0 aromatic heterocycles. The van der Waals surface area contributed by atoms with Gasteiger partial charge in [0, 0.05) is 55.2 Å². The Kier molecular flexibility index (Phi) is 5.76. The first-order valence-corrected chi connectivity index (χ1v) is 5.12. The number of aromatic hydroxyl groups is 1. The van der Waals surface area contributed by atoms with Crippen LogP contribution in [0.2, 0.25) is 0 Å². The number of hydrogen-bond donors (Lipinski definition) is 1. The number of phenolic OH excluding ortho intramolecular Hbond substituents is 1. The first-order valence-electron chi connectivity index (χ1n) is 5.12. The van der Waals surface area contributed by atoms with Crippen molar-refractivity contribution in [3.8, 4) is 17.6 Å². The summed E-state index contributed by atoms with van der Waals surface area (Å²) in [6.45, 7) is 2.05. The number of phenols is 1. The molecule has 2 aromatic rings. The third-order valence-corrected chi connectivity index (χ3v) is 2.27. The third kappa shape index (κ3) is 4.55. The van der Waals surface area contributed by atoms with E-state index in [0.717, 1.165) is 11.1 Å². The zero-order valence-corrected chi connectivity index (χ0v) is 14.4. The molecule has 0 aliphatic heterocycles. The molecule has 0 atom stereocenters. The normalized spacial score (nSPS) is 8.76. The van der Waals surface area contributed by atoms with E-state index in [2.05, 4.69) is 18.8 Å². The number of hydrogen-bond acceptors (Lipinski definition) is 1. The first kappa shape index (κ1) is 14.3. The number of aryl methyl sites for hydroxylation is 1. The molecule has 2 heteroatoms. The van der Waals surface area contributed by atoms with Crippen LogP contribution in [0.5, 0.6) is 5.75 Å². The molecule has 0 aliphatic carbocycles. The molecule has 0 saturated heterocycles. The maximum absolute atomic E-state index is 9.12. The number of benzene rings is 2. The summed E-state index contributed by atoms with van der Waals surface area (Å²) in [7, 11) is 0. The van der Waals surface area contributed by atoms with Crippen molar-refractivity contribution in [2.75, 3.05) is 0 Å². The van der Waals surface area contributed by atoms with E-state index in [1.54, 1.807) is 24.3 Å². The van der Waals surface area contributed by atoms with Gasteiger partial charge in [-0.1, -0.05) is 29.5 Å². The fourth-order valence-electron chi connectivity index (χ4n) is 1.33. The van der Waals surface area contributed by atoms with Gasteiger partial charge in [-0.2, -0.15) is 0 Å². The molecule has 0 spiro atoms. The minimum absolute atomic E-state index is 0. The zero-order valence-electron chi connectivity index (χ0n) is 9.64. The Labute approximate surface area is 137 Å². The molecule has 1 radical (unpaired) electrons. The van der Waals surface area contributed by atoms with Gasteiger partial charge in [0.2, 0.25) is 0 Å². The van der Waals surface area contributed by atoms with Crippen LogP contribution in [0.25, 0.3) is 0 Å². The van der Waals surface area contributed by atoms with Gasteiger partial charge in [0.05, 0.1) is 0 Å². The molecule has 0 saturated carbocycles. The van der Waals surface area contributed by atoms with Gasteiger partial charge < -0.3 is 5.11 Å². The summed E-state index contributed by atoms with van der Waals surface area (Å²) < 4.78 is 0. The Morgan fingerprint density at radius 2 is 1.18 bits per heavy atom. The summed E-state index contributed by atoms with van der Waals surface area (Å²) in [6, 6.07) is 15.0. The first-order chi connectivity index (χ1) is 7.74. The van der Waals surface area contributed by atoms with Gasteiger partial charge in [0.25, 0.3) is 0 Å². The molecule has 81 valence electrons. The van der Waals surface area contributed by atoms with Crippen molar-refractivity contribution in [2.45, 2.75) is 6.92 Å². The fraction of sp³-hybridized carbons (Fsp3) is 0.0667. The Hall–Kier alpha value is -0.758. The average molecular weight is 435 g/mol. The predicted octanol–water partition coefficient (Wildman–Crippen LogP) is 3.10. The van der Waals surface area contributed by atoms with Crippen molar-refractivity contribution in [3.05, 3.63) is 65.2 Å². The predicted molar refractivity (Wildman–Crippen MR) is 65.3 cm³/mol. The molecule has 1 nitrogen and oxygen atoms in total. The Balaban J connectivity index is 0.00000144. The second-order valence-corrected chi connectivity index (χ2v) is 3.66. The summed E-state index contributed by atoms with van der Waals surface area (Å²) in [5, 5.41) is 9.12. The smallest absolute Gasteiger partial charge is 0.115 e. The third-order valence-electron chi connectivity index (χ3n) is 2.27. The standard InChI is InChI=1S/C15H12O.Ac/c1-12-2-4-13(5-3-12)6-7-14-8-10-15(16)11-9-14;/h2-5,8-11,16H,1H3;. The molecular weight excluding hydrogens is 423 g/mol. The van der Waals surface area contributed by atoms with Crippen LogP contribution < -0.4 is 0 Å². The largest absolute Gasteiger partial charge is 0.508 e. The van der Waals surface area contributed by atoms with Crippen LogP contribution in [0.1, 0.15) is 16.7 Å². The van der Waals surface area contributed by atoms with E-state index in [-0.39, 0.29) is 49.8 Å². The quantitative estimate of drug-likeness (QED) is 0.631. The van der Waals surface area contributed by atoms with Gasteiger partial charge >= 0.3 is 0 Å². The Morgan fingerprint density at radius 3 is 1.65 bits per heavy atom. The van der Waals surface area contributed by atoms with Gasteiger partial charge in [-0.15, -0.1) is 0 Å². The van der Waals surface area contributed by atoms with E-state index in [1.807, 2.05) is 24.3 Å². The van der Waals surface area contributed by atoms with Crippen molar-refractivity contribution in [2.24, 2.45) is 0 Å². The molecule has 0 unspecified atom stereocenters. The van der Waals surface area contributed by atoms with Crippen LogP contribution in [0.4, 0.5) is 0 Å². The van der Waals surface area contributed by atoms with Crippen LogP contribution in [-0.4, -0.2) is 5.11 Å². The van der Waals surface area contributed by atoms with E-state index < -0.39 is 0 Å². The van der Waals surface area contributed by atoms with Crippen molar-refractivity contribution in [1.82, 2.24) is 0 Å². The minimum atomic E-state index is 0. The topological polar surface area (TPSA) is 20.2 Å². The van der Waals surface area contributed by atoms with Crippen molar-refractivity contribution in [3.63, 3.8) is 0 Å². The van der Waals surface area contributed by atoms with Gasteiger partial charge in [0.1, 0.15) is 5.75 Å². The van der Waals surface area contributed by atoms with Crippen LogP contribution in [0, 0.1) is 62.8 Å². The van der Waals surface area contributed by atoms with Crippen LogP contribution in [0.3, 0.4) is 0 Å². The molecule has 0 heterocycles. The van der Waals surface area contributed by atoms with Crippen molar-refractivity contribution in [1.29, 1.82) is 0 Å². The van der Waals surface area contributed by atoms with E-state index in [0.29, 0.717) is 0 Å². The van der Waals surface area contributed by atoms with Gasteiger partial charge in [-0.3, -0.25) is 0 Å². The molecule has 0 amide bonds. The zero-order chi connectivity index (χ0) is 11.4. The van der Waals surface area contributed by atoms with Gasteiger partial charge in [-0.25, -0.2) is 0 Å². The van der Waals surface area contributed by atoms with E-state index in [1.165, 1.54) is 5.56 Å². The van der Waals surface area contributed by atoms with Gasteiger partial charge in [-0.05, 0) is 43.3 Å². The molecule has 0 aliphatic rings. The molecule has 0 bridgehead atoms. The molecule has 2 aromatic carbocycles. The van der Waals surface area contributed by atoms with Crippen molar-refractivity contribution < 1.29 is 49.2 Å². The van der Waals surface area contributed by atoms with E-state index in [9.17, 15) is 0 Å². The number of rotatable bonds is 0. The maximum Gasteiger partial charge on any atom is 0.115 e. The van der Waals surface area contributed by atoms with Crippen LogP contribution in [-0.2, 0) is 0 Å². The second-order valence-electron chi connectivity index (χ2n) is 3.66. The molecule has 1 N–H and O–H groups in total. The van der Waals surface area contributed by atoms with Gasteiger partial charge in [0.15, 0.2) is 0 Å². The average Bonchev–Trinajstić information content (AvgIpc) is 2.30. The van der Waals surface area contributed by atoms with E-state index >= 15 is 0 Å². The van der Waals surface area contributed by atoms with Crippen LogP contribution in [0.15, 0.2) is 48.5 Å². The fourth-order valence-corrected chi connectivity index (χ4v) is 1.33. The second kappa shape index (κ2) is 6.85. The molecule has 0 fully saturated rings. The monoisotopic (exact) mass is 435 g/mol. The summed E-state index contributed by atoms with van der Waals surface area (Å²) in [5.41, 5.74) is 3.13. The van der Waals surface area contributed by atoms with E-state index in [4.69, 9.17) is 5.11 Å². The SMILES string of the molecule is Cc1ccc(C#Cc2ccc(O)cc2)cc1.[Ac]. The maximum atomic E-state index is 9.12. The molecule has 2 rings (SSSR count). The van der Waals surface area contributed by atoms with Crippen LogP contribution >= 0.6 is 0 Å². The molecular formula is C15H12AcO. The van der Waals surface area contributed by atoms with Crippen molar-refractivity contribution >= 4 is 0 Å². The molecule has 17 heavy (non-hydrogen) atoms. The Morgan fingerprint density at radius 1 is 0.765 bits per heavy atom. The summed E-state index contributed by atoms with van der Waals surface area (Å²) in [4.78, 5) is 0. The minimum Gasteiger partial charge on any atom is -0.508 e. The Bertz CT molecular complexity index is 480. The summed E-state index contributed by atoms with van der Waals surface area (Å²) >= 11 is 0. The summed E-state index contributed by atoms with van der Waals surface area (Å²) in [5.74, 6) is 6.39.